The van der Waals surface area contributed by atoms with E-state index in [4.69, 9.17) is 5.73 Å². The Hall–Kier alpha value is -2.68. The number of amides is 1. The lowest BCUT2D eigenvalue weighted by atomic mass is 9.95. The van der Waals surface area contributed by atoms with Gasteiger partial charge in [-0.2, -0.15) is 22.0 Å². The summed E-state index contributed by atoms with van der Waals surface area (Å²) in [7, 11) is 0. The van der Waals surface area contributed by atoms with Crippen molar-refractivity contribution in [3.63, 3.8) is 0 Å². The molecule has 2 aromatic rings. The lowest BCUT2D eigenvalue weighted by molar-refractivity contribution is -0.137. The Balaban J connectivity index is 1.81. The fourth-order valence-corrected chi connectivity index (χ4v) is 3.58. The SMILES string of the molecule is NC(=O)c1ccc(N2C[C@H](c3ccc(C(F)(F)F)cc3)C[C@H]2COC(F)F)cc1. The third-order valence-electron chi connectivity index (χ3n) is 5.02. The van der Waals surface area contributed by atoms with E-state index in [-0.39, 0.29) is 12.5 Å². The molecule has 9 heteroatoms. The summed E-state index contributed by atoms with van der Waals surface area (Å²) in [5.41, 5.74) is 6.18. The van der Waals surface area contributed by atoms with Gasteiger partial charge in [-0.1, -0.05) is 12.1 Å². The maximum Gasteiger partial charge on any atom is 0.416 e. The molecule has 156 valence electrons. The second-order valence-electron chi connectivity index (χ2n) is 6.86. The number of alkyl halides is 5. The van der Waals surface area contributed by atoms with Gasteiger partial charge in [-0.25, -0.2) is 0 Å². The van der Waals surface area contributed by atoms with Gasteiger partial charge in [0.15, 0.2) is 0 Å². The second kappa shape index (κ2) is 8.36. The van der Waals surface area contributed by atoms with Gasteiger partial charge in [0.2, 0.25) is 5.91 Å². The highest BCUT2D eigenvalue weighted by atomic mass is 19.4. The van der Waals surface area contributed by atoms with E-state index in [0.717, 1.165) is 12.1 Å². The van der Waals surface area contributed by atoms with Gasteiger partial charge in [-0.3, -0.25) is 4.79 Å². The molecule has 0 unspecified atom stereocenters. The summed E-state index contributed by atoms with van der Waals surface area (Å²) in [5.74, 6) is -0.738. The van der Waals surface area contributed by atoms with E-state index in [1.807, 2.05) is 4.90 Å². The summed E-state index contributed by atoms with van der Waals surface area (Å²) in [6, 6.07) is 10.9. The second-order valence-corrected chi connectivity index (χ2v) is 6.86. The lowest BCUT2D eigenvalue weighted by Crippen LogP contribution is -2.33. The molecule has 1 aliphatic rings. The molecule has 4 nitrogen and oxygen atoms in total. The van der Waals surface area contributed by atoms with Crippen LogP contribution in [0.25, 0.3) is 0 Å². The maximum atomic E-state index is 12.8. The molecule has 0 bridgehead atoms. The molecule has 0 aliphatic carbocycles. The summed E-state index contributed by atoms with van der Waals surface area (Å²) >= 11 is 0. The van der Waals surface area contributed by atoms with Gasteiger partial charge in [0.05, 0.1) is 18.2 Å². The van der Waals surface area contributed by atoms with Crippen molar-refractivity contribution in [2.45, 2.75) is 31.2 Å². The Morgan fingerprint density at radius 3 is 2.24 bits per heavy atom. The van der Waals surface area contributed by atoms with Gasteiger partial charge >= 0.3 is 12.8 Å². The zero-order valence-electron chi connectivity index (χ0n) is 15.2. The Morgan fingerprint density at radius 2 is 1.72 bits per heavy atom. The van der Waals surface area contributed by atoms with Crippen LogP contribution in [-0.2, 0) is 10.9 Å². The van der Waals surface area contributed by atoms with Gasteiger partial charge in [-0.15, -0.1) is 0 Å². The molecule has 1 fully saturated rings. The monoisotopic (exact) mass is 414 g/mol. The third-order valence-corrected chi connectivity index (χ3v) is 5.02. The van der Waals surface area contributed by atoms with Crippen LogP contribution in [-0.4, -0.2) is 31.7 Å². The van der Waals surface area contributed by atoms with Crippen molar-refractivity contribution in [3.8, 4) is 0 Å². The molecular weight excluding hydrogens is 395 g/mol. The largest absolute Gasteiger partial charge is 0.416 e. The normalized spacial score (nSPS) is 19.7. The van der Waals surface area contributed by atoms with Gasteiger partial charge in [0.1, 0.15) is 0 Å². The van der Waals surface area contributed by atoms with Crippen molar-refractivity contribution >= 4 is 11.6 Å². The van der Waals surface area contributed by atoms with E-state index >= 15 is 0 Å². The summed E-state index contributed by atoms with van der Waals surface area (Å²) in [6.45, 7) is -2.73. The molecule has 29 heavy (non-hydrogen) atoms. The Bertz CT molecular complexity index is 837. The van der Waals surface area contributed by atoms with Gasteiger partial charge in [0, 0.05) is 23.7 Å². The molecule has 3 rings (SSSR count). The van der Waals surface area contributed by atoms with Crippen molar-refractivity contribution in [2.24, 2.45) is 5.73 Å². The molecule has 2 aromatic carbocycles. The highest BCUT2D eigenvalue weighted by Crippen LogP contribution is 2.37. The predicted molar refractivity (Wildman–Crippen MR) is 96.9 cm³/mol. The minimum absolute atomic E-state index is 0.153. The molecule has 1 aliphatic heterocycles. The average molecular weight is 414 g/mol. The molecule has 0 aromatic heterocycles. The highest BCUT2D eigenvalue weighted by Gasteiger charge is 2.35. The van der Waals surface area contributed by atoms with E-state index in [1.54, 1.807) is 12.1 Å². The van der Waals surface area contributed by atoms with Crippen LogP contribution >= 0.6 is 0 Å². The van der Waals surface area contributed by atoms with Crippen molar-refractivity contribution < 1.29 is 31.5 Å². The number of ether oxygens (including phenoxy) is 1. The number of carbonyl (C=O) groups excluding carboxylic acids is 1. The summed E-state index contributed by atoms with van der Waals surface area (Å²) in [4.78, 5) is 13.1. The van der Waals surface area contributed by atoms with Crippen molar-refractivity contribution in [1.82, 2.24) is 0 Å². The van der Waals surface area contributed by atoms with E-state index in [2.05, 4.69) is 4.74 Å². The fraction of sp³-hybridized carbons (Fsp3) is 0.350. The number of halogens is 5. The van der Waals surface area contributed by atoms with Gasteiger partial charge < -0.3 is 15.4 Å². The highest BCUT2D eigenvalue weighted by molar-refractivity contribution is 5.93. The van der Waals surface area contributed by atoms with Crippen LogP contribution in [0.3, 0.4) is 0 Å². The van der Waals surface area contributed by atoms with Gasteiger partial charge in [-0.05, 0) is 48.4 Å². The summed E-state index contributed by atoms with van der Waals surface area (Å²) < 4.78 is 67.9. The number of anilines is 1. The first-order valence-electron chi connectivity index (χ1n) is 8.88. The van der Waals surface area contributed by atoms with E-state index in [9.17, 15) is 26.7 Å². The van der Waals surface area contributed by atoms with Crippen LogP contribution in [0.4, 0.5) is 27.6 Å². The first kappa shape index (κ1) is 21.0. The summed E-state index contributed by atoms with van der Waals surface area (Å²) in [6.07, 6.45) is -3.98. The molecule has 0 spiro atoms. The number of rotatable bonds is 6. The van der Waals surface area contributed by atoms with Gasteiger partial charge in [0.25, 0.3) is 0 Å². The first-order chi connectivity index (χ1) is 13.6. The minimum atomic E-state index is -4.42. The van der Waals surface area contributed by atoms with E-state index in [1.165, 1.54) is 24.3 Å². The predicted octanol–water partition coefficient (Wildman–Crippen LogP) is 4.41. The molecule has 0 saturated carbocycles. The van der Waals surface area contributed by atoms with Crippen molar-refractivity contribution in [3.05, 3.63) is 65.2 Å². The number of carbonyl (C=O) groups is 1. The lowest BCUT2D eigenvalue weighted by Gasteiger charge is -2.26. The zero-order chi connectivity index (χ0) is 21.2. The van der Waals surface area contributed by atoms with Crippen LogP contribution in [0.5, 0.6) is 0 Å². The molecule has 1 saturated heterocycles. The van der Waals surface area contributed by atoms with Crippen LogP contribution in [0.2, 0.25) is 0 Å². The minimum Gasteiger partial charge on any atom is -0.366 e. The first-order valence-corrected chi connectivity index (χ1v) is 8.88. The number of hydrogen-bond donors (Lipinski definition) is 1. The fourth-order valence-electron chi connectivity index (χ4n) is 3.58. The standard InChI is InChI=1S/C20H19F5N2O2/c21-19(22)29-11-17-9-14(12-1-5-15(6-2-12)20(23,24)25)10-27(17)16-7-3-13(4-8-16)18(26)28/h1-8,14,17,19H,9-11H2,(H2,26,28)/t14-,17+/m1/s1. The van der Waals surface area contributed by atoms with Crippen molar-refractivity contribution in [2.75, 3.05) is 18.1 Å². The molecule has 0 radical (unpaired) electrons. The Labute approximate surface area is 164 Å². The summed E-state index contributed by atoms with van der Waals surface area (Å²) in [5, 5.41) is 0. The molecular formula is C20H19F5N2O2. The zero-order valence-corrected chi connectivity index (χ0v) is 15.2. The molecule has 1 amide bonds. The molecule has 2 atom stereocenters. The van der Waals surface area contributed by atoms with E-state index < -0.39 is 30.3 Å². The van der Waals surface area contributed by atoms with Crippen LogP contribution in [0.15, 0.2) is 48.5 Å². The quantitative estimate of drug-likeness (QED) is 0.713. The number of hydrogen-bond acceptors (Lipinski definition) is 3. The number of nitrogens with zero attached hydrogens (tertiary/aromatic N) is 1. The topological polar surface area (TPSA) is 55.6 Å². The smallest absolute Gasteiger partial charge is 0.366 e. The molecule has 2 N–H and O–H groups in total. The number of benzene rings is 2. The van der Waals surface area contributed by atoms with Crippen LogP contribution in [0.1, 0.15) is 33.8 Å². The average Bonchev–Trinajstić information content (AvgIpc) is 3.10. The molecule has 1 heterocycles. The number of primary amides is 1. The van der Waals surface area contributed by atoms with Crippen LogP contribution < -0.4 is 10.6 Å². The Morgan fingerprint density at radius 1 is 1.10 bits per heavy atom. The van der Waals surface area contributed by atoms with E-state index in [0.29, 0.717) is 29.8 Å². The van der Waals surface area contributed by atoms with Crippen molar-refractivity contribution in [1.29, 1.82) is 0 Å². The number of nitrogens with two attached hydrogens (primary N) is 1. The maximum absolute atomic E-state index is 12.8. The van der Waals surface area contributed by atoms with Crippen LogP contribution in [0, 0.1) is 0 Å². The Kier molecular flexibility index (Phi) is 6.07. The third kappa shape index (κ3) is 5.03.